The summed E-state index contributed by atoms with van der Waals surface area (Å²) in [5.74, 6) is 0. The van der Waals surface area contributed by atoms with Crippen molar-refractivity contribution in [3.63, 3.8) is 0 Å². The molecule has 0 bridgehead atoms. The molecule has 15 heavy (non-hydrogen) atoms. The standard InChI is InChI=1S/C11H25NO2Si/c1-11(2,3)15(5,6)14-10-8-13-7-9(10)12-4/h9-10,12H,7-8H2,1-6H3. The molecular weight excluding hydrogens is 206 g/mol. The molecule has 2 atom stereocenters. The minimum atomic E-state index is -1.65. The van der Waals surface area contributed by atoms with Crippen molar-refractivity contribution < 1.29 is 9.16 Å². The zero-order valence-corrected chi connectivity index (χ0v) is 11.9. The van der Waals surface area contributed by atoms with E-state index >= 15 is 0 Å². The van der Waals surface area contributed by atoms with Crippen molar-refractivity contribution >= 4 is 8.32 Å². The molecule has 1 saturated heterocycles. The van der Waals surface area contributed by atoms with Gasteiger partial charge in [0.05, 0.1) is 25.4 Å². The van der Waals surface area contributed by atoms with Gasteiger partial charge in [-0.15, -0.1) is 0 Å². The molecule has 1 aliphatic rings. The van der Waals surface area contributed by atoms with Crippen LogP contribution in [0.3, 0.4) is 0 Å². The van der Waals surface area contributed by atoms with E-state index in [-0.39, 0.29) is 11.1 Å². The van der Waals surface area contributed by atoms with E-state index in [1.807, 2.05) is 7.05 Å². The largest absolute Gasteiger partial charge is 0.410 e. The number of rotatable bonds is 3. The van der Waals surface area contributed by atoms with Crippen LogP contribution in [0.1, 0.15) is 20.8 Å². The lowest BCUT2D eigenvalue weighted by Gasteiger charge is -2.39. The summed E-state index contributed by atoms with van der Waals surface area (Å²) in [5, 5.41) is 3.53. The van der Waals surface area contributed by atoms with Gasteiger partial charge in [-0.05, 0) is 25.2 Å². The number of likely N-dealkylation sites (N-methyl/N-ethyl adjacent to an activating group) is 1. The second kappa shape index (κ2) is 4.53. The van der Waals surface area contributed by atoms with Crippen LogP contribution in [-0.2, 0) is 9.16 Å². The fourth-order valence-electron chi connectivity index (χ4n) is 1.48. The maximum Gasteiger partial charge on any atom is 0.192 e. The molecule has 0 aromatic heterocycles. The lowest BCUT2D eigenvalue weighted by atomic mass is 10.2. The highest BCUT2D eigenvalue weighted by atomic mass is 28.4. The molecule has 0 aliphatic carbocycles. The van der Waals surface area contributed by atoms with Gasteiger partial charge in [0.2, 0.25) is 0 Å². The summed E-state index contributed by atoms with van der Waals surface area (Å²) in [6.07, 6.45) is 0.232. The lowest BCUT2D eigenvalue weighted by Crippen LogP contribution is -2.49. The average molecular weight is 231 g/mol. The van der Waals surface area contributed by atoms with Gasteiger partial charge in [0.25, 0.3) is 0 Å². The second-order valence-electron chi connectivity index (χ2n) is 5.85. The molecule has 1 fully saturated rings. The van der Waals surface area contributed by atoms with Crippen LogP contribution in [0, 0.1) is 0 Å². The highest BCUT2D eigenvalue weighted by Gasteiger charge is 2.41. The molecule has 0 amide bonds. The fraction of sp³-hybridized carbons (Fsp3) is 1.00. The van der Waals surface area contributed by atoms with Gasteiger partial charge in [0.15, 0.2) is 8.32 Å². The van der Waals surface area contributed by atoms with E-state index in [0.717, 1.165) is 13.2 Å². The maximum absolute atomic E-state index is 6.32. The molecule has 1 rings (SSSR count). The van der Waals surface area contributed by atoms with E-state index in [0.29, 0.717) is 6.04 Å². The Morgan fingerprint density at radius 3 is 2.33 bits per heavy atom. The van der Waals surface area contributed by atoms with E-state index in [4.69, 9.17) is 9.16 Å². The van der Waals surface area contributed by atoms with Gasteiger partial charge in [-0.3, -0.25) is 0 Å². The Morgan fingerprint density at radius 2 is 1.87 bits per heavy atom. The van der Waals surface area contributed by atoms with Crippen molar-refractivity contribution in [2.45, 2.75) is 51.0 Å². The third-order valence-corrected chi connectivity index (χ3v) is 8.16. The van der Waals surface area contributed by atoms with E-state index in [2.05, 4.69) is 39.2 Å². The van der Waals surface area contributed by atoms with Crippen molar-refractivity contribution in [2.75, 3.05) is 20.3 Å². The predicted molar refractivity (Wildman–Crippen MR) is 65.7 cm³/mol. The molecular formula is C11H25NO2Si. The highest BCUT2D eigenvalue weighted by Crippen LogP contribution is 2.38. The second-order valence-corrected chi connectivity index (χ2v) is 10.6. The molecule has 2 unspecified atom stereocenters. The first-order valence-corrected chi connectivity index (χ1v) is 8.61. The predicted octanol–water partition coefficient (Wildman–Crippen LogP) is 1.99. The van der Waals surface area contributed by atoms with Crippen molar-refractivity contribution in [2.24, 2.45) is 0 Å². The van der Waals surface area contributed by atoms with E-state index in [1.54, 1.807) is 0 Å². The van der Waals surface area contributed by atoms with Gasteiger partial charge in [-0.25, -0.2) is 0 Å². The summed E-state index contributed by atoms with van der Waals surface area (Å²) in [6, 6.07) is 0.360. The summed E-state index contributed by atoms with van der Waals surface area (Å²) in [6.45, 7) is 12.9. The van der Waals surface area contributed by atoms with Gasteiger partial charge >= 0.3 is 0 Å². The monoisotopic (exact) mass is 231 g/mol. The Morgan fingerprint density at radius 1 is 1.27 bits per heavy atom. The highest BCUT2D eigenvalue weighted by molar-refractivity contribution is 6.74. The van der Waals surface area contributed by atoms with Crippen molar-refractivity contribution in [1.82, 2.24) is 5.32 Å². The molecule has 0 aromatic carbocycles. The Bertz CT molecular complexity index is 213. The molecule has 0 saturated carbocycles. The maximum atomic E-state index is 6.32. The molecule has 1 aliphatic heterocycles. The Balaban J connectivity index is 2.60. The summed E-state index contributed by atoms with van der Waals surface area (Å²) in [7, 11) is 0.326. The third kappa shape index (κ3) is 3.03. The van der Waals surface area contributed by atoms with Gasteiger partial charge in [-0.1, -0.05) is 20.8 Å². The fourth-order valence-corrected chi connectivity index (χ4v) is 2.82. The summed E-state index contributed by atoms with van der Waals surface area (Å²) in [5.41, 5.74) is 0. The minimum absolute atomic E-state index is 0.232. The minimum Gasteiger partial charge on any atom is -0.410 e. The molecule has 0 spiro atoms. The third-order valence-electron chi connectivity index (χ3n) is 3.65. The number of ether oxygens (including phenoxy) is 1. The van der Waals surface area contributed by atoms with Crippen LogP contribution in [0.5, 0.6) is 0 Å². The van der Waals surface area contributed by atoms with E-state index in [1.165, 1.54) is 0 Å². The van der Waals surface area contributed by atoms with E-state index < -0.39 is 8.32 Å². The normalized spacial score (nSPS) is 28.4. The number of nitrogens with one attached hydrogen (secondary N) is 1. The molecule has 1 heterocycles. The first-order chi connectivity index (χ1) is 6.78. The van der Waals surface area contributed by atoms with Crippen molar-refractivity contribution in [1.29, 1.82) is 0 Å². The van der Waals surface area contributed by atoms with Crippen LogP contribution >= 0.6 is 0 Å². The van der Waals surface area contributed by atoms with Crippen LogP contribution in [0.25, 0.3) is 0 Å². The summed E-state index contributed by atoms with van der Waals surface area (Å²) >= 11 is 0. The van der Waals surface area contributed by atoms with Gasteiger partial charge in [0.1, 0.15) is 0 Å². The van der Waals surface area contributed by atoms with Crippen LogP contribution in [0.4, 0.5) is 0 Å². The SMILES string of the molecule is CNC1COCC1O[Si](C)(C)C(C)(C)C. The molecule has 1 N–H and O–H groups in total. The summed E-state index contributed by atoms with van der Waals surface area (Å²) in [4.78, 5) is 0. The Kier molecular flexibility index (Phi) is 3.98. The number of hydrogen-bond acceptors (Lipinski definition) is 3. The lowest BCUT2D eigenvalue weighted by molar-refractivity contribution is 0.128. The van der Waals surface area contributed by atoms with Crippen LogP contribution < -0.4 is 5.32 Å². The van der Waals surface area contributed by atoms with Gasteiger partial charge < -0.3 is 14.5 Å². The summed E-state index contributed by atoms with van der Waals surface area (Å²) < 4.78 is 11.8. The average Bonchev–Trinajstić information content (AvgIpc) is 2.48. The number of hydrogen-bond donors (Lipinski definition) is 1. The van der Waals surface area contributed by atoms with Crippen molar-refractivity contribution in [3.05, 3.63) is 0 Å². The van der Waals surface area contributed by atoms with Crippen LogP contribution in [0.15, 0.2) is 0 Å². The molecule has 90 valence electrons. The van der Waals surface area contributed by atoms with E-state index in [9.17, 15) is 0 Å². The Hall–Kier alpha value is 0.0969. The zero-order valence-electron chi connectivity index (χ0n) is 10.9. The topological polar surface area (TPSA) is 30.5 Å². The van der Waals surface area contributed by atoms with Crippen LogP contribution in [0.2, 0.25) is 18.1 Å². The Labute approximate surface area is 94.7 Å². The first-order valence-electron chi connectivity index (χ1n) is 5.71. The zero-order chi connectivity index (χ0) is 11.7. The van der Waals surface area contributed by atoms with Crippen molar-refractivity contribution in [3.8, 4) is 0 Å². The molecule has 0 radical (unpaired) electrons. The first kappa shape index (κ1) is 13.2. The quantitative estimate of drug-likeness (QED) is 0.754. The smallest absolute Gasteiger partial charge is 0.192 e. The molecule has 0 aromatic rings. The van der Waals surface area contributed by atoms with Gasteiger partial charge in [-0.2, -0.15) is 0 Å². The molecule has 3 nitrogen and oxygen atoms in total. The van der Waals surface area contributed by atoms with Crippen LogP contribution in [-0.4, -0.2) is 40.7 Å². The van der Waals surface area contributed by atoms with Gasteiger partial charge in [0, 0.05) is 0 Å². The molecule has 4 heteroatoms.